The first kappa shape index (κ1) is 33.0. The molecular formula is C54H38N4. The average Bonchev–Trinajstić information content (AvgIpc) is 3.92. The molecule has 0 spiro atoms. The molecule has 7 aromatic carbocycles. The summed E-state index contributed by atoms with van der Waals surface area (Å²) in [7, 11) is 0. The van der Waals surface area contributed by atoms with Gasteiger partial charge in [0.05, 0.1) is 39.4 Å². The second kappa shape index (κ2) is 11.4. The van der Waals surface area contributed by atoms with E-state index in [0.717, 1.165) is 44.6 Å². The van der Waals surface area contributed by atoms with E-state index in [2.05, 4.69) is 182 Å². The lowest BCUT2D eigenvalue weighted by atomic mass is 9.80. The Morgan fingerprint density at radius 3 is 1.62 bits per heavy atom. The van der Waals surface area contributed by atoms with Crippen LogP contribution in [0.15, 0.2) is 158 Å². The molecule has 2 aliphatic carbocycles. The Hall–Kier alpha value is -7.22. The van der Waals surface area contributed by atoms with E-state index < -0.39 is 0 Å². The summed E-state index contributed by atoms with van der Waals surface area (Å²) in [5.74, 6) is 0. The summed E-state index contributed by atoms with van der Waals surface area (Å²) in [6, 6.07) is 55.3. The highest BCUT2D eigenvalue weighted by molar-refractivity contribution is 6.16. The van der Waals surface area contributed by atoms with E-state index in [-0.39, 0.29) is 10.8 Å². The lowest BCUT2D eigenvalue weighted by Crippen LogP contribution is -2.15. The summed E-state index contributed by atoms with van der Waals surface area (Å²) >= 11 is 0. The van der Waals surface area contributed by atoms with Gasteiger partial charge in [-0.2, -0.15) is 5.26 Å². The maximum absolute atomic E-state index is 10.7. The highest BCUT2D eigenvalue weighted by Gasteiger charge is 2.39. The van der Waals surface area contributed by atoms with Crippen LogP contribution < -0.4 is 0 Å². The first-order chi connectivity index (χ1) is 28.3. The van der Waals surface area contributed by atoms with Crippen molar-refractivity contribution in [1.29, 1.82) is 5.26 Å². The van der Waals surface area contributed by atoms with Gasteiger partial charge in [-0.05, 0) is 93.0 Å². The van der Waals surface area contributed by atoms with Crippen LogP contribution in [0, 0.1) is 11.3 Å². The third-order valence-electron chi connectivity index (χ3n) is 13.4. The van der Waals surface area contributed by atoms with Gasteiger partial charge in [0, 0.05) is 61.6 Å². The number of nitrogens with zero attached hydrogens (tertiary/aromatic N) is 4. The summed E-state index contributed by atoms with van der Waals surface area (Å²) in [4.78, 5) is 4.71. The molecule has 0 amide bonds. The predicted octanol–water partition coefficient (Wildman–Crippen LogP) is 13.4. The van der Waals surface area contributed by atoms with Crippen LogP contribution in [0.25, 0.3) is 88.4 Å². The van der Waals surface area contributed by atoms with Gasteiger partial charge in [-0.3, -0.25) is 4.98 Å². The van der Waals surface area contributed by atoms with Crippen LogP contribution in [0.2, 0.25) is 0 Å². The van der Waals surface area contributed by atoms with Crippen LogP contribution in [0.3, 0.4) is 0 Å². The monoisotopic (exact) mass is 742 g/mol. The van der Waals surface area contributed by atoms with Gasteiger partial charge >= 0.3 is 0 Å². The number of fused-ring (bicyclic) bond motifs is 14. The third kappa shape index (κ3) is 4.10. The Kier molecular flexibility index (Phi) is 6.50. The number of benzene rings is 7. The number of hydrogen-bond acceptors (Lipinski definition) is 2. The molecule has 0 unspecified atom stereocenters. The van der Waals surface area contributed by atoms with Crippen molar-refractivity contribution in [2.75, 3.05) is 0 Å². The molecule has 0 N–H and O–H groups in total. The smallest absolute Gasteiger partial charge is 0.0998 e. The first-order valence-corrected chi connectivity index (χ1v) is 20.1. The lowest BCUT2D eigenvalue weighted by molar-refractivity contribution is 0.666. The van der Waals surface area contributed by atoms with Crippen molar-refractivity contribution in [2.45, 2.75) is 38.5 Å². The fourth-order valence-corrected chi connectivity index (χ4v) is 11.0. The van der Waals surface area contributed by atoms with Gasteiger partial charge in [0.15, 0.2) is 0 Å². The number of rotatable bonds is 3. The Morgan fingerprint density at radius 2 is 1.02 bits per heavy atom. The molecule has 2 aliphatic rings. The second-order valence-electron chi connectivity index (χ2n) is 17.0. The zero-order chi connectivity index (χ0) is 39.1. The standard InChI is InChI=1S/C54H38N4/c1-53(2)42-17-9-5-13-34(42)36-23-25-47-49(51(36)53)38-15-7-11-19-44(38)57(47)33-22-21-32(30-55)40(29-33)41-31-56-28-27-46(41)58-45-20-12-8-16-39(45)50-48(58)26-24-37-35-14-6-10-18-43(35)54(3,4)52(37)50/h5-29,31H,1-4H3. The highest BCUT2D eigenvalue weighted by Crippen LogP contribution is 2.55. The van der Waals surface area contributed by atoms with E-state index in [4.69, 9.17) is 4.98 Å². The molecule has 0 fully saturated rings. The van der Waals surface area contributed by atoms with Gasteiger partial charge < -0.3 is 9.13 Å². The van der Waals surface area contributed by atoms with Crippen molar-refractivity contribution in [3.63, 3.8) is 0 Å². The Balaban J connectivity index is 1.11. The summed E-state index contributed by atoms with van der Waals surface area (Å²) in [6.07, 6.45) is 3.80. The van der Waals surface area contributed by atoms with E-state index in [1.807, 2.05) is 18.5 Å². The van der Waals surface area contributed by atoms with Crippen LogP contribution in [0.5, 0.6) is 0 Å². The maximum Gasteiger partial charge on any atom is 0.0998 e. The van der Waals surface area contributed by atoms with Crippen LogP contribution in [0.1, 0.15) is 55.5 Å². The van der Waals surface area contributed by atoms with Crippen molar-refractivity contribution >= 4 is 43.6 Å². The van der Waals surface area contributed by atoms with Gasteiger partial charge in [0.25, 0.3) is 0 Å². The Bertz CT molecular complexity index is 3470. The molecule has 4 heteroatoms. The molecule has 0 bridgehead atoms. The van der Waals surface area contributed by atoms with Crippen molar-refractivity contribution in [3.8, 4) is 50.8 Å². The van der Waals surface area contributed by atoms with Crippen LogP contribution in [0.4, 0.5) is 0 Å². The van der Waals surface area contributed by atoms with E-state index in [9.17, 15) is 5.26 Å². The minimum atomic E-state index is -0.176. The average molecular weight is 743 g/mol. The van der Waals surface area contributed by atoms with Gasteiger partial charge in [-0.15, -0.1) is 0 Å². The molecule has 0 atom stereocenters. The highest BCUT2D eigenvalue weighted by atomic mass is 15.0. The van der Waals surface area contributed by atoms with E-state index in [1.165, 1.54) is 66.1 Å². The maximum atomic E-state index is 10.7. The molecule has 0 saturated heterocycles. The summed E-state index contributed by atoms with van der Waals surface area (Å²) in [5, 5.41) is 15.7. The molecular weight excluding hydrogens is 705 g/mol. The summed E-state index contributed by atoms with van der Waals surface area (Å²) < 4.78 is 4.77. The van der Waals surface area contributed by atoms with Crippen LogP contribution in [-0.2, 0) is 10.8 Å². The first-order valence-electron chi connectivity index (χ1n) is 20.1. The van der Waals surface area contributed by atoms with E-state index in [0.29, 0.717) is 5.56 Å². The molecule has 274 valence electrons. The molecule has 12 rings (SSSR count). The van der Waals surface area contributed by atoms with Crippen molar-refractivity contribution in [2.24, 2.45) is 0 Å². The Labute approximate surface area is 336 Å². The van der Waals surface area contributed by atoms with Gasteiger partial charge in [0.1, 0.15) is 0 Å². The number of pyridine rings is 1. The van der Waals surface area contributed by atoms with Crippen molar-refractivity contribution < 1.29 is 0 Å². The SMILES string of the molecule is CC1(C)c2ccccc2-c2ccc3c(c21)c1ccccc1n3-c1ccc(C#N)c(-c2cnccc2-n2c3ccccc3c3c4c(ccc32)-c2ccccc2C4(C)C)c1. The zero-order valence-electron chi connectivity index (χ0n) is 32.8. The molecule has 0 radical (unpaired) electrons. The molecule has 10 aromatic rings. The minimum absolute atomic E-state index is 0.165. The fraction of sp³-hybridized carbons (Fsp3) is 0.111. The predicted molar refractivity (Wildman–Crippen MR) is 238 cm³/mol. The quantitative estimate of drug-likeness (QED) is 0.181. The summed E-state index contributed by atoms with van der Waals surface area (Å²) in [5.41, 5.74) is 19.3. The zero-order valence-corrected chi connectivity index (χ0v) is 32.8. The van der Waals surface area contributed by atoms with Gasteiger partial charge in [0.2, 0.25) is 0 Å². The Morgan fingerprint density at radius 1 is 0.483 bits per heavy atom. The fourth-order valence-electron chi connectivity index (χ4n) is 11.0. The van der Waals surface area contributed by atoms with Gasteiger partial charge in [-0.25, -0.2) is 0 Å². The van der Waals surface area contributed by atoms with Crippen LogP contribution >= 0.6 is 0 Å². The van der Waals surface area contributed by atoms with Crippen molar-refractivity contribution in [3.05, 3.63) is 186 Å². The second-order valence-corrected chi connectivity index (χ2v) is 17.0. The number of para-hydroxylation sites is 2. The topological polar surface area (TPSA) is 46.5 Å². The van der Waals surface area contributed by atoms with E-state index >= 15 is 0 Å². The molecule has 0 aliphatic heterocycles. The molecule has 0 saturated carbocycles. The molecule has 3 aromatic heterocycles. The molecule has 3 heterocycles. The summed E-state index contributed by atoms with van der Waals surface area (Å²) in [6.45, 7) is 9.43. The normalized spacial score (nSPS) is 14.5. The number of hydrogen-bond donors (Lipinski definition) is 0. The number of aromatic nitrogens is 3. The lowest BCUT2D eigenvalue weighted by Gasteiger charge is -2.23. The van der Waals surface area contributed by atoms with E-state index in [1.54, 1.807) is 0 Å². The van der Waals surface area contributed by atoms with Gasteiger partial charge in [-0.1, -0.05) is 125 Å². The largest absolute Gasteiger partial charge is 0.309 e. The van der Waals surface area contributed by atoms with Crippen LogP contribution in [-0.4, -0.2) is 14.1 Å². The van der Waals surface area contributed by atoms with Crippen molar-refractivity contribution in [1.82, 2.24) is 14.1 Å². The third-order valence-corrected chi connectivity index (χ3v) is 13.4. The molecule has 58 heavy (non-hydrogen) atoms. The molecule has 4 nitrogen and oxygen atoms in total. The number of nitriles is 1. The minimum Gasteiger partial charge on any atom is -0.309 e.